The van der Waals surface area contributed by atoms with Gasteiger partial charge in [0.2, 0.25) is 0 Å². The molecule has 0 spiro atoms. The van der Waals surface area contributed by atoms with Crippen molar-refractivity contribution >= 4 is 0 Å². The first-order valence-corrected chi connectivity index (χ1v) is 5.89. The van der Waals surface area contributed by atoms with E-state index in [1.54, 1.807) is 0 Å². The molecule has 2 aliphatic carbocycles. The van der Waals surface area contributed by atoms with Gasteiger partial charge in [-0.15, -0.1) is 0 Å². The van der Waals surface area contributed by atoms with Crippen LogP contribution in [0.1, 0.15) is 5.56 Å². The number of rotatable bonds is 1. The molecule has 0 heterocycles. The van der Waals surface area contributed by atoms with Crippen LogP contribution in [0.25, 0.3) is 22.3 Å². The van der Waals surface area contributed by atoms with Gasteiger partial charge in [-0.3, -0.25) is 0 Å². The molecule has 0 amide bonds. The normalized spacial score (nSPS) is 10.6. The van der Waals surface area contributed by atoms with Crippen molar-refractivity contribution in [1.82, 2.24) is 0 Å². The Morgan fingerprint density at radius 3 is 1.29 bits per heavy atom. The maximum absolute atomic E-state index is 2.19. The van der Waals surface area contributed by atoms with Crippen molar-refractivity contribution in [3.63, 3.8) is 0 Å². The van der Waals surface area contributed by atoms with Crippen molar-refractivity contribution in [2.24, 2.45) is 0 Å². The SMILES string of the molecule is Cc1ccc(-c2ccc3cccc-3cc2)cc1. The maximum atomic E-state index is 2.19. The molecule has 17 heavy (non-hydrogen) atoms. The number of benzene rings is 1. The quantitative estimate of drug-likeness (QED) is 0.552. The smallest absolute Gasteiger partial charge is 0.0184 e. The Morgan fingerprint density at radius 1 is 0.471 bits per heavy atom. The fourth-order valence-corrected chi connectivity index (χ4v) is 2.10. The van der Waals surface area contributed by atoms with E-state index in [-0.39, 0.29) is 0 Å². The van der Waals surface area contributed by atoms with Crippen LogP contribution < -0.4 is 0 Å². The van der Waals surface area contributed by atoms with E-state index in [1.807, 2.05) is 0 Å². The number of fused-ring (bicyclic) bond motifs is 1. The summed E-state index contributed by atoms with van der Waals surface area (Å²) in [7, 11) is 0. The molecule has 2 aliphatic rings. The highest BCUT2D eigenvalue weighted by Gasteiger charge is 2.00. The van der Waals surface area contributed by atoms with Gasteiger partial charge in [-0.1, -0.05) is 72.3 Å². The van der Waals surface area contributed by atoms with Crippen molar-refractivity contribution in [2.75, 3.05) is 0 Å². The predicted molar refractivity (Wildman–Crippen MR) is 73.2 cm³/mol. The highest BCUT2D eigenvalue weighted by atomic mass is 14.0. The van der Waals surface area contributed by atoms with Gasteiger partial charge in [0.25, 0.3) is 0 Å². The number of aryl methyl sites for hydroxylation is 1. The average molecular weight is 218 g/mol. The largest absolute Gasteiger partial charge is 0.0610 e. The first-order chi connectivity index (χ1) is 8.33. The van der Waals surface area contributed by atoms with Crippen LogP contribution in [0, 0.1) is 6.92 Å². The van der Waals surface area contributed by atoms with Crippen LogP contribution in [-0.4, -0.2) is 0 Å². The van der Waals surface area contributed by atoms with Crippen molar-refractivity contribution < 1.29 is 0 Å². The summed E-state index contributed by atoms with van der Waals surface area (Å²) >= 11 is 0. The third-order valence-corrected chi connectivity index (χ3v) is 3.15. The van der Waals surface area contributed by atoms with Crippen LogP contribution in [0.5, 0.6) is 0 Å². The molecule has 3 rings (SSSR count). The fraction of sp³-hybridized carbons (Fsp3) is 0.0588. The lowest BCUT2D eigenvalue weighted by Gasteiger charge is -1.99. The molecular formula is C17H14. The second kappa shape index (κ2) is 4.06. The molecule has 0 radical (unpaired) electrons. The summed E-state index contributed by atoms with van der Waals surface area (Å²) in [5.41, 5.74) is 6.42. The Hall–Kier alpha value is -2.08. The van der Waals surface area contributed by atoms with Crippen LogP contribution in [0.2, 0.25) is 0 Å². The first-order valence-electron chi connectivity index (χ1n) is 5.89. The van der Waals surface area contributed by atoms with Gasteiger partial charge in [0.05, 0.1) is 0 Å². The van der Waals surface area contributed by atoms with Crippen LogP contribution in [0.15, 0.2) is 66.7 Å². The third-order valence-electron chi connectivity index (χ3n) is 3.15. The first kappa shape index (κ1) is 10.1. The summed E-state index contributed by atoms with van der Waals surface area (Å²) in [6, 6.07) is 23.8. The highest BCUT2D eigenvalue weighted by molar-refractivity contribution is 5.71. The molecular weight excluding hydrogens is 204 g/mol. The van der Waals surface area contributed by atoms with Gasteiger partial charge in [-0.05, 0) is 29.2 Å². The summed E-state index contributed by atoms with van der Waals surface area (Å²) in [6.45, 7) is 2.11. The molecule has 0 fully saturated rings. The van der Waals surface area contributed by atoms with Gasteiger partial charge < -0.3 is 0 Å². The van der Waals surface area contributed by atoms with Gasteiger partial charge in [-0.25, -0.2) is 0 Å². The zero-order chi connectivity index (χ0) is 11.7. The lowest BCUT2D eigenvalue weighted by molar-refractivity contribution is 1.47. The Morgan fingerprint density at radius 2 is 0.824 bits per heavy atom. The Labute approximate surface area is 102 Å². The molecule has 0 aliphatic heterocycles. The van der Waals surface area contributed by atoms with Gasteiger partial charge in [-0.2, -0.15) is 0 Å². The molecule has 0 saturated heterocycles. The molecule has 0 atom stereocenters. The molecule has 0 aromatic heterocycles. The van der Waals surface area contributed by atoms with Crippen LogP contribution in [0.3, 0.4) is 0 Å². The van der Waals surface area contributed by atoms with E-state index in [0.717, 1.165) is 0 Å². The van der Waals surface area contributed by atoms with Gasteiger partial charge in [0.1, 0.15) is 0 Å². The molecule has 0 bridgehead atoms. The van der Waals surface area contributed by atoms with E-state index in [2.05, 4.69) is 73.7 Å². The Bertz CT molecular complexity index is 575. The van der Waals surface area contributed by atoms with Crippen molar-refractivity contribution in [2.45, 2.75) is 6.92 Å². The van der Waals surface area contributed by atoms with Gasteiger partial charge in [0, 0.05) is 0 Å². The minimum atomic E-state index is 1.27. The summed E-state index contributed by atoms with van der Waals surface area (Å²) in [5, 5.41) is 0. The maximum Gasteiger partial charge on any atom is -0.0184 e. The summed E-state index contributed by atoms with van der Waals surface area (Å²) in [6.07, 6.45) is 0. The number of hydrogen-bond acceptors (Lipinski definition) is 0. The zero-order valence-corrected chi connectivity index (χ0v) is 9.85. The predicted octanol–water partition coefficient (Wildman–Crippen LogP) is 4.77. The minimum Gasteiger partial charge on any atom is -0.0610 e. The average Bonchev–Trinajstić information content (AvgIpc) is 2.70. The molecule has 1 aromatic carbocycles. The lowest BCUT2D eigenvalue weighted by atomic mass is 10.1. The summed E-state index contributed by atoms with van der Waals surface area (Å²) < 4.78 is 0. The van der Waals surface area contributed by atoms with Gasteiger partial charge in [0.15, 0.2) is 0 Å². The molecule has 0 nitrogen and oxygen atoms in total. The lowest BCUT2D eigenvalue weighted by Crippen LogP contribution is -1.75. The molecule has 0 N–H and O–H groups in total. The van der Waals surface area contributed by atoms with Crippen LogP contribution >= 0.6 is 0 Å². The highest BCUT2D eigenvalue weighted by Crippen LogP contribution is 2.25. The third kappa shape index (κ3) is 1.94. The Kier molecular flexibility index (Phi) is 2.41. The fourth-order valence-electron chi connectivity index (χ4n) is 2.10. The molecule has 0 unspecified atom stereocenters. The number of hydrogen-bond donors (Lipinski definition) is 0. The molecule has 82 valence electrons. The molecule has 1 aromatic rings. The molecule has 0 heteroatoms. The van der Waals surface area contributed by atoms with Crippen molar-refractivity contribution in [1.29, 1.82) is 0 Å². The van der Waals surface area contributed by atoms with E-state index >= 15 is 0 Å². The van der Waals surface area contributed by atoms with Crippen LogP contribution in [-0.2, 0) is 0 Å². The van der Waals surface area contributed by atoms with Crippen molar-refractivity contribution in [3.05, 3.63) is 72.3 Å². The second-order valence-corrected chi connectivity index (χ2v) is 4.42. The minimum absolute atomic E-state index is 1.27. The van der Waals surface area contributed by atoms with E-state index in [9.17, 15) is 0 Å². The zero-order valence-electron chi connectivity index (χ0n) is 9.85. The molecule has 0 saturated carbocycles. The second-order valence-electron chi connectivity index (χ2n) is 4.42. The summed E-state index contributed by atoms with van der Waals surface area (Å²) in [5.74, 6) is 0. The van der Waals surface area contributed by atoms with E-state index in [4.69, 9.17) is 0 Å². The van der Waals surface area contributed by atoms with E-state index in [1.165, 1.54) is 27.8 Å². The Balaban J connectivity index is 2.11. The van der Waals surface area contributed by atoms with Gasteiger partial charge >= 0.3 is 0 Å². The van der Waals surface area contributed by atoms with E-state index < -0.39 is 0 Å². The van der Waals surface area contributed by atoms with E-state index in [0.29, 0.717) is 0 Å². The monoisotopic (exact) mass is 218 g/mol. The standard InChI is InChI=1S/C17H14/c1-13-5-7-16(8-6-13)17-11-9-14-3-2-4-15(14)10-12-17/h2-12H,1H3. The summed E-state index contributed by atoms with van der Waals surface area (Å²) in [4.78, 5) is 0. The van der Waals surface area contributed by atoms with Crippen LogP contribution in [0.4, 0.5) is 0 Å². The topological polar surface area (TPSA) is 0 Å². The van der Waals surface area contributed by atoms with Crippen molar-refractivity contribution in [3.8, 4) is 22.3 Å².